The zero-order valence-corrected chi connectivity index (χ0v) is 10.3. The highest BCUT2D eigenvalue weighted by atomic mass is 16.6. The van der Waals surface area contributed by atoms with Crippen LogP contribution in [-0.2, 0) is 23.9 Å². The number of carbonyl (C=O) groups excluding carboxylic acids is 2. The third kappa shape index (κ3) is 4.39. The molecule has 0 aliphatic rings. The van der Waals surface area contributed by atoms with Gasteiger partial charge in [0, 0.05) is 0 Å². The first-order valence-corrected chi connectivity index (χ1v) is 4.85. The summed E-state index contributed by atoms with van der Waals surface area (Å²) < 4.78 is 9.22. The molecule has 7 nitrogen and oxygen atoms in total. The third-order valence-corrected chi connectivity index (χ3v) is 1.74. The van der Waals surface area contributed by atoms with Crippen molar-refractivity contribution < 1.29 is 29.0 Å². The summed E-state index contributed by atoms with van der Waals surface area (Å²) in [6.07, 6.45) is -0.894. The van der Waals surface area contributed by atoms with Crippen LogP contribution in [0.4, 0.5) is 0 Å². The molecule has 98 valence electrons. The average Bonchev–Trinajstić information content (AvgIpc) is 2.12. The first-order chi connectivity index (χ1) is 7.53. The highest BCUT2D eigenvalue weighted by molar-refractivity contribution is 6.07. The van der Waals surface area contributed by atoms with Crippen molar-refractivity contribution >= 4 is 17.9 Å². The number of ether oxygens (including phenoxy) is 2. The van der Waals surface area contributed by atoms with E-state index in [0.29, 0.717) is 0 Å². The Labute approximate surface area is 98.9 Å². The number of hydrogen-bond donors (Lipinski definition) is 2. The Morgan fingerprint density at radius 2 is 1.65 bits per heavy atom. The fourth-order valence-corrected chi connectivity index (χ4v) is 1.02. The summed E-state index contributed by atoms with van der Waals surface area (Å²) in [4.78, 5) is 33.7. The second-order valence-corrected chi connectivity index (χ2v) is 4.54. The molecule has 0 rings (SSSR count). The van der Waals surface area contributed by atoms with E-state index in [1.165, 1.54) is 0 Å². The molecule has 0 aromatic rings. The predicted octanol–water partition coefficient (Wildman–Crippen LogP) is -0.327. The Bertz CT molecular complexity index is 332. The SMILES string of the molecule is COC(=O)C(N)(CC(=O)O)C(=O)OC(C)(C)C. The summed E-state index contributed by atoms with van der Waals surface area (Å²) in [6, 6.07) is 0. The lowest BCUT2D eigenvalue weighted by atomic mass is 9.96. The van der Waals surface area contributed by atoms with Gasteiger partial charge in [-0.05, 0) is 20.8 Å². The molecule has 0 heterocycles. The molecule has 0 aliphatic carbocycles. The van der Waals surface area contributed by atoms with Gasteiger partial charge in [0.2, 0.25) is 5.54 Å². The number of hydrogen-bond acceptors (Lipinski definition) is 6. The molecule has 0 radical (unpaired) electrons. The van der Waals surface area contributed by atoms with Crippen molar-refractivity contribution in [1.82, 2.24) is 0 Å². The van der Waals surface area contributed by atoms with Crippen LogP contribution in [-0.4, -0.2) is 41.3 Å². The van der Waals surface area contributed by atoms with Crippen LogP contribution >= 0.6 is 0 Å². The standard InChI is InChI=1S/C10H17NO6/c1-9(2,3)17-8(15)10(11,5-6(12)13)7(14)16-4/h5,11H2,1-4H3,(H,12,13). The van der Waals surface area contributed by atoms with Gasteiger partial charge >= 0.3 is 17.9 Å². The second kappa shape index (κ2) is 5.13. The smallest absolute Gasteiger partial charge is 0.339 e. The number of aliphatic carboxylic acids is 1. The van der Waals surface area contributed by atoms with Gasteiger partial charge in [0.05, 0.1) is 13.5 Å². The van der Waals surface area contributed by atoms with Crippen molar-refractivity contribution in [3.63, 3.8) is 0 Å². The van der Waals surface area contributed by atoms with Crippen molar-refractivity contribution in [1.29, 1.82) is 0 Å². The first-order valence-electron chi connectivity index (χ1n) is 4.85. The van der Waals surface area contributed by atoms with Crippen molar-refractivity contribution in [2.45, 2.75) is 38.3 Å². The van der Waals surface area contributed by atoms with Crippen LogP contribution in [0.15, 0.2) is 0 Å². The van der Waals surface area contributed by atoms with Gasteiger partial charge in [-0.25, -0.2) is 9.59 Å². The van der Waals surface area contributed by atoms with E-state index in [1.807, 2.05) is 0 Å². The van der Waals surface area contributed by atoms with Crippen LogP contribution in [0, 0.1) is 0 Å². The quantitative estimate of drug-likeness (QED) is 0.516. The van der Waals surface area contributed by atoms with Gasteiger partial charge in [-0.15, -0.1) is 0 Å². The van der Waals surface area contributed by atoms with E-state index in [-0.39, 0.29) is 0 Å². The van der Waals surface area contributed by atoms with Crippen molar-refractivity contribution in [2.75, 3.05) is 7.11 Å². The first kappa shape index (κ1) is 15.4. The third-order valence-electron chi connectivity index (χ3n) is 1.74. The number of esters is 2. The minimum absolute atomic E-state index is 0.881. The number of rotatable bonds is 4. The van der Waals surface area contributed by atoms with E-state index in [4.69, 9.17) is 15.6 Å². The van der Waals surface area contributed by atoms with E-state index in [2.05, 4.69) is 4.74 Å². The number of nitrogens with two attached hydrogens (primary N) is 1. The van der Waals surface area contributed by atoms with E-state index >= 15 is 0 Å². The fourth-order valence-electron chi connectivity index (χ4n) is 1.02. The van der Waals surface area contributed by atoms with Crippen LogP contribution < -0.4 is 5.73 Å². The molecule has 0 fully saturated rings. The lowest BCUT2D eigenvalue weighted by Crippen LogP contribution is -2.58. The fraction of sp³-hybridized carbons (Fsp3) is 0.700. The molecule has 1 unspecified atom stereocenters. The maximum absolute atomic E-state index is 11.7. The van der Waals surface area contributed by atoms with Crippen molar-refractivity contribution in [3.05, 3.63) is 0 Å². The Kier molecular flexibility index (Phi) is 4.64. The maximum Gasteiger partial charge on any atom is 0.339 e. The summed E-state index contributed by atoms with van der Waals surface area (Å²) in [6.45, 7) is 4.72. The Balaban J connectivity index is 5.12. The molecule has 3 N–H and O–H groups in total. The van der Waals surface area contributed by atoms with Gasteiger partial charge in [0.15, 0.2) is 0 Å². The Hall–Kier alpha value is -1.63. The van der Waals surface area contributed by atoms with Crippen LogP contribution in [0.5, 0.6) is 0 Å². The molecule has 17 heavy (non-hydrogen) atoms. The summed E-state index contributed by atoms with van der Waals surface area (Å²) in [5.41, 5.74) is 2.27. The van der Waals surface area contributed by atoms with E-state index in [0.717, 1.165) is 7.11 Å². The molecule has 7 heteroatoms. The highest BCUT2D eigenvalue weighted by Crippen LogP contribution is 2.17. The molecular formula is C10H17NO6. The topological polar surface area (TPSA) is 116 Å². The summed E-state index contributed by atoms with van der Waals surface area (Å²) in [5, 5.41) is 8.65. The number of carboxylic acids is 1. The zero-order valence-electron chi connectivity index (χ0n) is 10.3. The Morgan fingerprint density at radius 3 is 1.94 bits per heavy atom. The summed E-state index contributed by atoms with van der Waals surface area (Å²) in [7, 11) is 1.01. The molecular weight excluding hydrogens is 230 g/mol. The molecule has 0 saturated heterocycles. The van der Waals surface area contributed by atoms with Crippen LogP contribution in [0.1, 0.15) is 27.2 Å². The van der Waals surface area contributed by atoms with Crippen molar-refractivity contribution in [3.8, 4) is 0 Å². The molecule has 0 saturated carbocycles. The van der Waals surface area contributed by atoms with Gasteiger partial charge in [0.1, 0.15) is 5.60 Å². The second-order valence-electron chi connectivity index (χ2n) is 4.54. The summed E-state index contributed by atoms with van der Waals surface area (Å²) >= 11 is 0. The maximum atomic E-state index is 11.7. The van der Waals surface area contributed by atoms with Gasteiger partial charge in [-0.3, -0.25) is 4.79 Å². The van der Waals surface area contributed by atoms with Crippen molar-refractivity contribution in [2.24, 2.45) is 5.73 Å². The molecule has 1 atom stereocenters. The van der Waals surface area contributed by atoms with Gasteiger partial charge in [0.25, 0.3) is 0 Å². The van der Waals surface area contributed by atoms with Crippen LogP contribution in [0.25, 0.3) is 0 Å². The lowest BCUT2D eigenvalue weighted by molar-refractivity contribution is -0.173. The van der Waals surface area contributed by atoms with Gasteiger partial charge in [-0.2, -0.15) is 0 Å². The minimum Gasteiger partial charge on any atom is -0.481 e. The molecule has 0 amide bonds. The van der Waals surface area contributed by atoms with Gasteiger partial charge in [-0.1, -0.05) is 0 Å². The predicted molar refractivity (Wildman–Crippen MR) is 57.0 cm³/mol. The zero-order chi connectivity index (χ0) is 13.9. The van der Waals surface area contributed by atoms with Gasteiger partial charge < -0.3 is 20.3 Å². The number of methoxy groups -OCH3 is 1. The molecule has 0 aromatic heterocycles. The van der Waals surface area contributed by atoms with E-state index in [1.54, 1.807) is 20.8 Å². The number of carboxylic acid groups (broad SMARTS) is 1. The van der Waals surface area contributed by atoms with E-state index in [9.17, 15) is 14.4 Å². The lowest BCUT2D eigenvalue weighted by Gasteiger charge is -2.27. The summed E-state index contributed by atoms with van der Waals surface area (Å²) in [5.74, 6) is -3.67. The van der Waals surface area contributed by atoms with Crippen LogP contribution in [0.3, 0.4) is 0 Å². The minimum atomic E-state index is -2.33. The average molecular weight is 247 g/mol. The normalized spacial score (nSPS) is 14.6. The Morgan fingerprint density at radius 1 is 1.18 bits per heavy atom. The molecule has 0 spiro atoms. The van der Waals surface area contributed by atoms with Crippen LogP contribution in [0.2, 0.25) is 0 Å². The molecule has 0 bridgehead atoms. The highest BCUT2D eigenvalue weighted by Gasteiger charge is 2.48. The molecule has 0 aromatic carbocycles. The monoisotopic (exact) mass is 247 g/mol. The number of carbonyl (C=O) groups is 3. The molecule has 0 aliphatic heterocycles. The van der Waals surface area contributed by atoms with E-state index < -0.39 is 35.5 Å². The largest absolute Gasteiger partial charge is 0.481 e.